The lowest BCUT2D eigenvalue weighted by Crippen LogP contribution is -2.49. The van der Waals surface area contributed by atoms with Crippen molar-refractivity contribution < 1.29 is 23.5 Å². The third-order valence-electron chi connectivity index (χ3n) is 8.01. The van der Waals surface area contributed by atoms with Gasteiger partial charge >= 0.3 is 5.97 Å². The maximum absolute atomic E-state index is 13.0. The highest BCUT2D eigenvalue weighted by Crippen LogP contribution is 2.21. The lowest BCUT2D eigenvalue weighted by molar-refractivity contribution is -0.937. The van der Waals surface area contributed by atoms with Crippen molar-refractivity contribution in [1.82, 2.24) is 0 Å². The number of carbonyl (C=O) groups excluding carboxylic acids is 2. The summed E-state index contributed by atoms with van der Waals surface area (Å²) in [6.07, 6.45) is 7.10. The van der Waals surface area contributed by atoms with E-state index in [-0.39, 0.29) is 11.9 Å². The highest BCUT2D eigenvalue weighted by molar-refractivity contribution is 6.06. The van der Waals surface area contributed by atoms with E-state index in [2.05, 4.69) is 57.3 Å². The number of likely N-dealkylation sites (N-methyl/N-ethyl adjacent to an activating group) is 1. The van der Waals surface area contributed by atoms with Crippen molar-refractivity contribution in [2.24, 2.45) is 0 Å². The van der Waals surface area contributed by atoms with Crippen LogP contribution in [0.3, 0.4) is 0 Å². The second-order valence-electron chi connectivity index (χ2n) is 11.1. The molecule has 0 saturated heterocycles. The first-order valence-electron chi connectivity index (χ1n) is 15.6. The standard InChI is InChI=1S/C36H48N2O4/c1-5-8-9-10-11-14-25-41-34-19-13-12-18-33(34)35(39)37-32-22-20-31(21-23-32)36(40)42-26-24-38(6-2,7-3)28-30-17-15-16-29(4)27-30/h12-13,15-23,27H,5-11,14,24-26,28H2,1-4H3/p+1. The molecule has 3 aromatic rings. The predicted molar refractivity (Wildman–Crippen MR) is 171 cm³/mol. The number of aryl methyl sites for hydroxylation is 1. The van der Waals surface area contributed by atoms with Gasteiger partial charge in [-0.15, -0.1) is 0 Å². The fraction of sp³-hybridized carbons (Fsp3) is 0.444. The fourth-order valence-electron chi connectivity index (χ4n) is 5.19. The van der Waals surface area contributed by atoms with Crippen LogP contribution < -0.4 is 10.1 Å². The molecular formula is C36H49N2O4+. The Labute approximate surface area is 252 Å². The van der Waals surface area contributed by atoms with Crippen molar-refractivity contribution in [2.45, 2.75) is 72.8 Å². The lowest BCUT2D eigenvalue weighted by Gasteiger charge is -2.36. The minimum absolute atomic E-state index is 0.245. The third-order valence-corrected chi connectivity index (χ3v) is 8.01. The number of carbonyl (C=O) groups is 2. The maximum atomic E-state index is 13.0. The minimum Gasteiger partial charge on any atom is -0.493 e. The molecule has 1 N–H and O–H groups in total. The number of hydrogen-bond donors (Lipinski definition) is 1. The first kappa shape index (κ1) is 32.9. The Balaban J connectivity index is 1.50. The maximum Gasteiger partial charge on any atom is 0.338 e. The Morgan fingerprint density at radius 1 is 0.786 bits per heavy atom. The number of esters is 1. The van der Waals surface area contributed by atoms with Gasteiger partial charge in [0.2, 0.25) is 0 Å². The third kappa shape index (κ3) is 10.3. The summed E-state index contributed by atoms with van der Waals surface area (Å²) < 4.78 is 12.5. The monoisotopic (exact) mass is 573 g/mol. The molecule has 0 saturated carbocycles. The van der Waals surface area contributed by atoms with Crippen LogP contribution in [-0.2, 0) is 11.3 Å². The van der Waals surface area contributed by atoms with E-state index in [1.165, 1.54) is 36.8 Å². The summed E-state index contributed by atoms with van der Waals surface area (Å²) in [7, 11) is 0. The molecule has 42 heavy (non-hydrogen) atoms. The normalized spacial score (nSPS) is 11.2. The zero-order valence-corrected chi connectivity index (χ0v) is 26.0. The summed E-state index contributed by atoms with van der Waals surface area (Å²) in [5, 5.41) is 2.92. The van der Waals surface area contributed by atoms with Crippen LogP contribution in [0.25, 0.3) is 0 Å². The first-order valence-corrected chi connectivity index (χ1v) is 15.6. The molecule has 0 bridgehead atoms. The Bertz CT molecular complexity index is 1250. The van der Waals surface area contributed by atoms with Crippen molar-refractivity contribution >= 4 is 17.6 Å². The molecule has 226 valence electrons. The zero-order valence-electron chi connectivity index (χ0n) is 26.0. The Kier molecular flexibility index (Phi) is 13.6. The molecule has 3 rings (SSSR count). The summed E-state index contributed by atoms with van der Waals surface area (Å²) in [5.41, 5.74) is 4.11. The average Bonchev–Trinajstić information content (AvgIpc) is 3.00. The number of nitrogens with zero attached hydrogens (tertiary/aromatic N) is 1. The molecule has 1 amide bonds. The summed E-state index contributed by atoms with van der Waals surface area (Å²) in [6, 6.07) is 22.7. The van der Waals surface area contributed by atoms with Crippen molar-refractivity contribution in [2.75, 3.05) is 38.2 Å². The van der Waals surface area contributed by atoms with E-state index in [1.54, 1.807) is 30.3 Å². The Morgan fingerprint density at radius 3 is 2.21 bits per heavy atom. The molecule has 0 radical (unpaired) electrons. The van der Waals surface area contributed by atoms with Gasteiger partial charge in [0.25, 0.3) is 5.91 Å². The number of benzene rings is 3. The predicted octanol–water partition coefficient (Wildman–Crippen LogP) is 8.20. The van der Waals surface area contributed by atoms with Crippen LogP contribution in [0.1, 0.15) is 91.1 Å². The van der Waals surface area contributed by atoms with E-state index in [0.717, 1.165) is 43.5 Å². The van der Waals surface area contributed by atoms with Crippen molar-refractivity contribution in [3.05, 3.63) is 95.1 Å². The minimum atomic E-state index is -0.359. The topological polar surface area (TPSA) is 64.6 Å². The van der Waals surface area contributed by atoms with E-state index in [0.29, 0.717) is 35.8 Å². The van der Waals surface area contributed by atoms with Crippen LogP contribution in [0, 0.1) is 6.92 Å². The number of para-hydroxylation sites is 1. The van der Waals surface area contributed by atoms with Gasteiger partial charge in [-0.1, -0.05) is 81.0 Å². The van der Waals surface area contributed by atoms with Gasteiger partial charge in [0.1, 0.15) is 25.4 Å². The molecule has 0 aromatic heterocycles. The highest BCUT2D eigenvalue weighted by atomic mass is 16.5. The second kappa shape index (κ2) is 17.3. The highest BCUT2D eigenvalue weighted by Gasteiger charge is 2.24. The Morgan fingerprint density at radius 2 is 1.50 bits per heavy atom. The van der Waals surface area contributed by atoms with E-state index in [1.807, 2.05) is 18.2 Å². The number of ether oxygens (including phenoxy) is 2. The number of anilines is 1. The lowest BCUT2D eigenvalue weighted by atomic mass is 10.1. The van der Waals surface area contributed by atoms with Gasteiger partial charge in [0.15, 0.2) is 0 Å². The van der Waals surface area contributed by atoms with E-state index in [9.17, 15) is 9.59 Å². The summed E-state index contributed by atoms with van der Waals surface area (Å²) in [5.74, 6) is -0.0207. The van der Waals surface area contributed by atoms with Crippen LogP contribution in [0.5, 0.6) is 5.75 Å². The quantitative estimate of drug-likeness (QED) is 0.0946. The molecule has 3 aromatic carbocycles. The van der Waals surface area contributed by atoms with E-state index >= 15 is 0 Å². The van der Waals surface area contributed by atoms with Crippen LogP contribution >= 0.6 is 0 Å². The molecule has 6 heteroatoms. The van der Waals surface area contributed by atoms with Crippen LogP contribution in [0.4, 0.5) is 5.69 Å². The number of rotatable bonds is 18. The van der Waals surface area contributed by atoms with Crippen molar-refractivity contribution in [3.63, 3.8) is 0 Å². The smallest absolute Gasteiger partial charge is 0.338 e. The fourth-order valence-corrected chi connectivity index (χ4v) is 5.19. The van der Waals surface area contributed by atoms with Gasteiger partial charge in [-0.25, -0.2) is 4.79 Å². The molecule has 0 aliphatic rings. The average molecular weight is 574 g/mol. The second-order valence-corrected chi connectivity index (χ2v) is 11.1. The molecular weight excluding hydrogens is 524 g/mol. The molecule has 0 fully saturated rings. The number of nitrogens with one attached hydrogen (secondary N) is 1. The van der Waals surface area contributed by atoms with Gasteiger partial charge < -0.3 is 19.3 Å². The summed E-state index contributed by atoms with van der Waals surface area (Å²) >= 11 is 0. The molecule has 0 heterocycles. The Hall–Kier alpha value is -3.64. The zero-order chi connectivity index (χ0) is 30.2. The van der Waals surface area contributed by atoms with Crippen LogP contribution in [-0.4, -0.2) is 49.2 Å². The van der Waals surface area contributed by atoms with Crippen molar-refractivity contribution in [1.29, 1.82) is 0 Å². The summed E-state index contributed by atoms with van der Waals surface area (Å²) in [4.78, 5) is 25.8. The van der Waals surface area contributed by atoms with Gasteiger partial charge in [-0.05, 0) is 63.6 Å². The largest absolute Gasteiger partial charge is 0.493 e. The van der Waals surface area contributed by atoms with E-state index < -0.39 is 0 Å². The van der Waals surface area contributed by atoms with Gasteiger partial charge in [0, 0.05) is 11.3 Å². The van der Waals surface area contributed by atoms with Crippen LogP contribution in [0.2, 0.25) is 0 Å². The molecule has 0 aliphatic carbocycles. The molecule has 0 aliphatic heterocycles. The van der Waals surface area contributed by atoms with Crippen LogP contribution in [0.15, 0.2) is 72.8 Å². The molecule has 6 nitrogen and oxygen atoms in total. The molecule has 0 atom stereocenters. The first-order chi connectivity index (χ1) is 20.4. The summed E-state index contributed by atoms with van der Waals surface area (Å²) in [6.45, 7) is 13.2. The number of hydrogen-bond acceptors (Lipinski definition) is 4. The van der Waals surface area contributed by atoms with E-state index in [4.69, 9.17) is 9.47 Å². The SMILES string of the molecule is CCCCCCCCOc1ccccc1C(=O)Nc1ccc(C(=O)OCC[N+](CC)(CC)Cc2cccc(C)c2)cc1. The van der Waals surface area contributed by atoms with Gasteiger partial charge in [0.05, 0.1) is 30.8 Å². The van der Waals surface area contributed by atoms with Gasteiger partial charge in [-0.3, -0.25) is 4.79 Å². The van der Waals surface area contributed by atoms with Crippen molar-refractivity contribution in [3.8, 4) is 5.75 Å². The van der Waals surface area contributed by atoms with Gasteiger partial charge in [-0.2, -0.15) is 0 Å². The molecule has 0 unspecified atom stereocenters. The number of amides is 1. The molecule has 0 spiro atoms. The number of quaternary nitrogens is 1. The number of unbranched alkanes of at least 4 members (excludes halogenated alkanes) is 5.